The molecule has 0 bridgehead atoms. The second-order valence-corrected chi connectivity index (χ2v) is 5.77. The summed E-state index contributed by atoms with van der Waals surface area (Å²) in [7, 11) is 1.60. The van der Waals surface area contributed by atoms with Crippen molar-refractivity contribution in [2.24, 2.45) is 0 Å². The summed E-state index contributed by atoms with van der Waals surface area (Å²) in [4.78, 5) is 12.2. The SMILES string of the molecule is COc1ccc(C(=O)/C=C\c2ccc(OCc3ccccc3)cc2)cc1. The van der Waals surface area contributed by atoms with Gasteiger partial charge in [0.25, 0.3) is 0 Å². The quantitative estimate of drug-likeness (QED) is 0.438. The average Bonchev–Trinajstić information content (AvgIpc) is 2.72. The van der Waals surface area contributed by atoms with E-state index in [0.29, 0.717) is 12.2 Å². The maximum Gasteiger partial charge on any atom is 0.185 e. The lowest BCUT2D eigenvalue weighted by Crippen LogP contribution is -1.95. The fourth-order valence-electron chi connectivity index (χ4n) is 2.44. The van der Waals surface area contributed by atoms with E-state index in [-0.39, 0.29) is 5.78 Å². The third-order valence-corrected chi connectivity index (χ3v) is 3.93. The first-order chi connectivity index (χ1) is 12.7. The van der Waals surface area contributed by atoms with E-state index in [0.717, 1.165) is 22.6 Å². The lowest BCUT2D eigenvalue weighted by molar-refractivity contribution is 0.104. The number of carbonyl (C=O) groups excluding carboxylic acids is 1. The number of ether oxygens (including phenoxy) is 2. The molecule has 0 atom stereocenters. The highest BCUT2D eigenvalue weighted by atomic mass is 16.5. The van der Waals surface area contributed by atoms with Crippen LogP contribution in [0.1, 0.15) is 21.5 Å². The molecule has 0 aromatic heterocycles. The number of methoxy groups -OCH3 is 1. The Bertz CT molecular complexity index is 864. The second kappa shape index (κ2) is 8.67. The molecule has 26 heavy (non-hydrogen) atoms. The van der Waals surface area contributed by atoms with Crippen molar-refractivity contribution >= 4 is 11.9 Å². The lowest BCUT2D eigenvalue weighted by Gasteiger charge is -2.06. The van der Waals surface area contributed by atoms with E-state index in [1.807, 2.05) is 54.6 Å². The first-order valence-corrected chi connectivity index (χ1v) is 8.38. The van der Waals surface area contributed by atoms with Gasteiger partial charge in [-0.1, -0.05) is 48.5 Å². The highest BCUT2D eigenvalue weighted by molar-refractivity contribution is 6.06. The van der Waals surface area contributed by atoms with Gasteiger partial charge in [0.2, 0.25) is 0 Å². The van der Waals surface area contributed by atoms with Crippen LogP contribution in [-0.2, 0) is 6.61 Å². The van der Waals surface area contributed by atoms with Crippen LogP contribution in [0.4, 0.5) is 0 Å². The fraction of sp³-hybridized carbons (Fsp3) is 0.0870. The summed E-state index contributed by atoms with van der Waals surface area (Å²) in [5.41, 5.74) is 2.70. The minimum atomic E-state index is -0.0444. The maximum atomic E-state index is 12.2. The Balaban J connectivity index is 1.57. The fourth-order valence-corrected chi connectivity index (χ4v) is 2.44. The molecule has 0 spiro atoms. The highest BCUT2D eigenvalue weighted by Gasteiger charge is 2.02. The van der Waals surface area contributed by atoms with Gasteiger partial charge in [0, 0.05) is 5.56 Å². The molecular formula is C23H20O3. The van der Waals surface area contributed by atoms with Crippen LogP contribution in [0.3, 0.4) is 0 Å². The largest absolute Gasteiger partial charge is 0.497 e. The molecule has 0 radical (unpaired) electrons. The molecule has 0 saturated heterocycles. The number of ketones is 1. The van der Waals surface area contributed by atoms with Gasteiger partial charge >= 0.3 is 0 Å². The number of benzene rings is 3. The van der Waals surface area contributed by atoms with Crippen molar-refractivity contribution in [3.05, 3.63) is 102 Å². The molecule has 3 aromatic carbocycles. The zero-order valence-corrected chi connectivity index (χ0v) is 14.6. The summed E-state index contributed by atoms with van der Waals surface area (Å²) in [5, 5.41) is 0. The molecule has 3 nitrogen and oxygen atoms in total. The number of hydrogen-bond donors (Lipinski definition) is 0. The molecule has 0 heterocycles. The van der Waals surface area contributed by atoms with Crippen molar-refractivity contribution in [2.45, 2.75) is 6.61 Å². The Morgan fingerprint density at radius 1 is 0.846 bits per heavy atom. The van der Waals surface area contributed by atoms with Gasteiger partial charge < -0.3 is 9.47 Å². The number of carbonyl (C=O) groups is 1. The van der Waals surface area contributed by atoms with Crippen molar-refractivity contribution < 1.29 is 14.3 Å². The van der Waals surface area contributed by atoms with E-state index in [2.05, 4.69) is 0 Å². The van der Waals surface area contributed by atoms with Gasteiger partial charge in [-0.15, -0.1) is 0 Å². The Morgan fingerprint density at radius 3 is 2.15 bits per heavy atom. The van der Waals surface area contributed by atoms with Crippen LogP contribution >= 0.6 is 0 Å². The van der Waals surface area contributed by atoms with Gasteiger partial charge in [-0.05, 0) is 53.6 Å². The molecular weight excluding hydrogens is 324 g/mol. The molecule has 0 aliphatic rings. The van der Waals surface area contributed by atoms with Crippen molar-refractivity contribution in [1.82, 2.24) is 0 Å². The van der Waals surface area contributed by atoms with Gasteiger partial charge in [0.15, 0.2) is 5.78 Å². The van der Waals surface area contributed by atoms with Crippen LogP contribution in [0, 0.1) is 0 Å². The predicted octanol–water partition coefficient (Wildman–Crippen LogP) is 5.17. The minimum Gasteiger partial charge on any atom is -0.497 e. The van der Waals surface area contributed by atoms with E-state index in [1.54, 1.807) is 43.5 Å². The molecule has 0 saturated carbocycles. The summed E-state index contributed by atoms with van der Waals surface area (Å²) < 4.78 is 10.9. The van der Waals surface area contributed by atoms with Crippen LogP contribution in [-0.4, -0.2) is 12.9 Å². The summed E-state index contributed by atoms with van der Waals surface area (Å²) >= 11 is 0. The van der Waals surface area contributed by atoms with Gasteiger partial charge in [0.1, 0.15) is 18.1 Å². The van der Waals surface area contributed by atoms with Gasteiger partial charge in [-0.25, -0.2) is 0 Å². The van der Waals surface area contributed by atoms with Gasteiger partial charge in [0.05, 0.1) is 7.11 Å². The van der Waals surface area contributed by atoms with Crippen molar-refractivity contribution in [3.63, 3.8) is 0 Å². The standard InChI is InChI=1S/C23H20O3/c1-25-21-14-10-20(11-15-21)23(24)16-9-18-7-12-22(13-8-18)26-17-19-5-3-2-4-6-19/h2-16H,17H2,1H3/b16-9-. The molecule has 0 aliphatic carbocycles. The molecule has 0 amide bonds. The van der Waals surface area contributed by atoms with Gasteiger partial charge in [-0.3, -0.25) is 4.79 Å². The topological polar surface area (TPSA) is 35.5 Å². The van der Waals surface area contributed by atoms with E-state index < -0.39 is 0 Å². The van der Waals surface area contributed by atoms with E-state index in [9.17, 15) is 4.79 Å². The molecule has 0 fully saturated rings. The van der Waals surface area contributed by atoms with Crippen molar-refractivity contribution in [2.75, 3.05) is 7.11 Å². The average molecular weight is 344 g/mol. The summed E-state index contributed by atoms with van der Waals surface area (Å²) in [6.07, 6.45) is 3.37. The Labute approximate surface area is 153 Å². The Kier molecular flexibility index (Phi) is 5.84. The molecule has 0 unspecified atom stereocenters. The summed E-state index contributed by atoms with van der Waals surface area (Å²) in [5.74, 6) is 1.49. The zero-order chi connectivity index (χ0) is 18.2. The van der Waals surface area contributed by atoms with Gasteiger partial charge in [-0.2, -0.15) is 0 Å². The van der Waals surface area contributed by atoms with Crippen LogP contribution in [0.25, 0.3) is 6.08 Å². The molecule has 0 N–H and O–H groups in total. The molecule has 3 aromatic rings. The zero-order valence-electron chi connectivity index (χ0n) is 14.6. The highest BCUT2D eigenvalue weighted by Crippen LogP contribution is 2.16. The molecule has 3 heteroatoms. The van der Waals surface area contributed by atoms with Crippen molar-refractivity contribution in [1.29, 1.82) is 0 Å². The predicted molar refractivity (Wildman–Crippen MR) is 104 cm³/mol. The number of rotatable bonds is 7. The number of hydrogen-bond acceptors (Lipinski definition) is 3. The van der Waals surface area contributed by atoms with E-state index in [1.165, 1.54) is 0 Å². The third-order valence-electron chi connectivity index (χ3n) is 3.93. The van der Waals surface area contributed by atoms with Crippen LogP contribution in [0.5, 0.6) is 11.5 Å². The normalized spacial score (nSPS) is 10.7. The second-order valence-electron chi connectivity index (χ2n) is 5.77. The maximum absolute atomic E-state index is 12.2. The molecule has 3 rings (SSSR count). The van der Waals surface area contributed by atoms with Crippen LogP contribution in [0.15, 0.2) is 84.9 Å². The Morgan fingerprint density at radius 2 is 1.50 bits per heavy atom. The monoisotopic (exact) mass is 344 g/mol. The first kappa shape index (κ1) is 17.5. The smallest absolute Gasteiger partial charge is 0.185 e. The van der Waals surface area contributed by atoms with Crippen LogP contribution in [0.2, 0.25) is 0 Å². The number of allylic oxidation sites excluding steroid dienone is 1. The third kappa shape index (κ3) is 4.84. The first-order valence-electron chi connectivity index (χ1n) is 8.38. The lowest BCUT2D eigenvalue weighted by atomic mass is 10.1. The van der Waals surface area contributed by atoms with Crippen LogP contribution < -0.4 is 9.47 Å². The molecule has 130 valence electrons. The summed E-state index contributed by atoms with van der Waals surface area (Å²) in [6.45, 7) is 0.534. The van der Waals surface area contributed by atoms with E-state index >= 15 is 0 Å². The van der Waals surface area contributed by atoms with Crippen molar-refractivity contribution in [3.8, 4) is 11.5 Å². The molecule has 0 aliphatic heterocycles. The summed E-state index contributed by atoms with van der Waals surface area (Å²) in [6, 6.07) is 24.8. The Hall–Kier alpha value is -3.33. The van der Waals surface area contributed by atoms with E-state index in [4.69, 9.17) is 9.47 Å². The minimum absolute atomic E-state index is 0.0444.